The molecular weight excluding hydrogens is 280 g/mol. The Balaban J connectivity index is 3.12. The van der Waals surface area contributed by atoms with Crippen LogP contribution in [0.3, 0.4) is 0 Å². The van der Waals surface area contributed by atoms with Crippen LogP contribution in [0.15, 0.2) is 16.6 Å². The van der Waals surface area contributed by atoms with Crippen LogP contribution in [0.2, 0.25) is 0 Å². The van der Waals surface area contributed by atoms with Crippen molar-refractivity contribution in [2.24, 2.45) is 0 Å². The molecule has 1 rings (SSSR count). The zero-order chi connectivity index (χ0) is 13.1. The second-order valence-electron chi connectivity index (χ2n) is 5.15. The molecule has 0 amide bonds. The summed E-state index contributed by atoms with van der Waals surface area (Å²) in [5.41, 5.74) is 2.27. The van der Waals surface area contributed by atoms with Gasteiger partial charge in [-0.15, -0.1) is 0 Å². The van der Waals surface area contributed by atoms with Crippen LogP contribution < -0.4 is 4.74 Å². The molecule has 17 heavy (non-hydrogen) atoms. The summed E-state index contributed by atoms with van der Waals surface area (Å²) in [6, 6.07) is 4.12. The van der Waals surface area contributed by atoms with Gasteiger partial charge in [0.2, 0.25) is 0 Å². The minimum atomic E-state index is 0.0189. The van der Waals surface area contributed by atoms with Crippen LogP contribution in [-0.2, 0) is 10.2 Å². The summed E-state index contributed by atoms with van der Waals surface area (Å²) in [6.07, 6.45) is 1.31. The largest absolute Gasteiger partial charge is 0.493 e. The molecule has 3 heteroatoms. The Morgan fingerprint density at radius 2 is 2.00 bits per heavy atom. The van der Waals surface area contributed by atoms with Crippen molar-refractivity contribution in [3.63, 3.8) is 0 Å². The fraction of sp³-hybridized carbons (Fsp3) is 0.500. The van der Waals surface area contributed by atoms with Gasteiger partial charge in [-0.25, -0.2) is 0 Å². The summed E-state index contributed by atoms with van der Waals surface area (Å²) in [6.45, 7) is 8.92. The highest BCUT2D eigenvalue weighted by atomic mass is 79.9. The fourth-order valence-corrected chi connectivity index (χ4v) is 2.26. The predicted molar refractivity (Wildman–Crippen MR) is 73.8 cm³/mol. The maximum atomic E-state index is 10.3. The van der Waals surface area contributed by atoms with Gasteiger partial charge in [-0.2, -0.15) is 0 Å². The molecule has 94 valence electrons. The number of benzene rings is 1. The van der Waals surface area contributed by atoms with Crippen molar-refractivity contribution in [1.82, 2.24) is 0 Å². The number of hydrogen-bond acceptors (Lipinski definition) is 2. The van der Waals surface area contributed by atoms with Crippen molar-refractivity contribution >= 4 is 22.2 Å². The highest BCUT2D eigenvalue weighted by Gasteiger charge is 2.21. The standard InChI is InChI=1S/C14H19BrO2/c1-10-8-11(15)9-12(14(2,3)4)13(10)17-7-5-6-16/h6,8-9H,5,7H2,1-4H3. The Labute approximate surface area is 111 Å². The van der Waals surface area contributed by atoms with Gasteiger partial charge in [0, 0.05) is 16.5 Å². The number of ether oxygens (including phenoxy) is 1. The lowest BCUT2D eigenvalue weighted by Crippen LogP contribution is -2.15. The van der Waals surface area contributed by atoms with Gasteiger partial charge in [0.15, 0.2) is 0 Å². The maximum absolute atomic E-state index is 10.3. The van der Waals surface area contributed by atoms with Crippen LogP contribution in [-0.4, -0.2) is 12.9 Å². The van der Waals surface area contributed by atoms with Gasteiger partial charge in [-0.3, -0.25) is 0 Å². The normalized spacial score (nSPS) is 11.4. The Bertz CT molecular complexity index is 405. The molecule has 0 aliphatic heterocycles. The quantitative estimate of drug-likeness (QED) is 0.620. The third kappa shape index (κ3) is 3.84. The van der Waals surface area contributed by atoms with Gasteiger partial charge in [0.1, 0.15) is 12.0 Å². The lowest BCUT2D eigenvalue weighted by atomic mass is 9.85. The van der Waals surface area contributed by atoms with E-state index in [-0.39, 0.29) is 5.41 Å². The highest BCUT2D eigenvalue weighted by molar-refractivity contribution is 9.10. The molecule has 1 aromatic rings. The molecule has 0 aliphatic rings. The second-order valence-corrected chi connectivity index (χ2v) is 6.07. The summed E-state index contributed by atoms with van der Waals surface area (Å²) >= 11 is 3.51. The number of carbonyl (C=O) groups excluding carboxylic acids is 1. The minimum absolute atomic E-state index is 0.0189. The highest BCUT2D eigenvalue weighted by Crippen LogP contribution is 2.36. The van der Waals surface area contributed by atoms with E-state index in [0.717, 1.165) is 27.6 Å². The Morgan fingerprint density at radius 1 is 1.35 bits per heavy atom. The van der Waals surface area contributed by atoms with Crippen LogP contribution in [0, 0.1) is 6.92 Å². The van der Waals surface area contributed by atoms with Crippen LogP contribution in [0.4, 0.5) is 0 Å². The van der Waals surface area contributed by atoms with Gasteiger partial charge in [-0.1, -0.05) is 36.7 Å². The second kappa shape index (κ2) is 5.67. The van der Waals surface area contributed by atoms with Crippen molar-refractivity contribution in [3.8, 4) is 5.75 Å². The van der Waals surface area contributed by atoms with E-state index in [1.807, 2.05) is 13.0 Å². The summed E-state index contributed by atoms with van der Waals surface area (Å²) in [5.74, 6) is 0.905. The molecule has 0 radical (unpaired) electrons. The van der Waals surface area contributed by atoms with E-state index in [1.165, 1.54) is 0 Å². The number of hydrogen-bond donors (Lipinski definition) is 0. The fourth-order valence-electron chi connectivity index (χ4n) is 1.69. The first-order valence-corrected chi connectivity index (χ1v) is 6.52. The molecule has 0 heterocycles. The van der Waals surface area contributed by atoms with Crippen LogP contribution in [0.5, 0.6) is 5.75 Å². The van der Waals surface area contributed by atoms with Crippen LogP contribution >= 0.6 is 15.9 Å². The van der Waals surface area contributed by atoms with Gasteiger partial charge < -0.3 is 9.53 Å². The van der Waals surface area contributed by atoms with E-state index in [2.05, 4.69) is 42.8 Å². The van der Waals surface area contributed by atoms with Crippen molar-refractivity contribution in [2.45, 2.75) is 39.5 Å². The van der Waals surface area contributed by atoms with E-state index in [9.17, 15) is 4.79 Å². The first-order chi connectivity index (χ1) is 7.86. The zero-order valence-electron chi connectivity index (χ0n) is 10.8. The molecule has 0 aromatic heterocycles. The lowest BCUT2D eigenvalue weighted by Gasteiger charge is -2.24. The SMILES string of the molecule is Cc1cc(Br)cc(C(C)(C)C)c1OCCC=O. The number of aryl methyl sites for hydroxylation is 1. The average Bonchev–Trinajstić information content (AvgIpc) is 2.19. The monoisotopic (exact) mass is 298 g/mol. The molecule has 0 atom stereocenters. The molecule has 0 fully saturated rings. The van der Waals surface area contributed by atoms with Crippen LogP contribution in [0.1, 0.15) is 38.3 Å². The van der Waals surface area contributed by atoms with E-state index >= 15 is 0 Å². The Morgan fingerprint density at radius 3 is 2.53 bits per heavy atom. The van der Waals surface area contributed by atoms with Crippen molar-refractivity contribution in [2.75, 3.05) is 6.61 Å². The minimum Gasteiger partial charge on any atom is -0.493 e. The van der Waals surface area contributed by atoms with Crippen molar-refractivity contribution in [3.05, 3.63) is 27.7 Å². The van der Waals surface area contributed by atoms with E-state index in [4.69, 9.17) is 4.74 Å². The van der Waals surface area contributed by atoms with Crippen molar-refractivity contribution < 1.29 is 9.53 Å². The summed E-state index contributed by atoms with van der Waals surface area (Å²) in [7, 11) is 0. The predicted octanol–water partition coefficient (Wildman–Crippen LogP) is 4.02. The third-order valence-corrected chi connectivity index (χ3v) is 2.99. The zero-order valence-corrected chi connectivity index (χ0v) is 12.4. The molecule has 2 nitrogen and oxygen atoms in total. The lowest BCUT2D eigenvalue weighted by molar-refractivity contribution is -0.108. The van der Waals surface area contributed by atoms with E-state index in [0.29, 0.717) is 13.0 Å². The topological polar surface area (TPSA) is 26.3 Å². The summed E-state index contributed by atoms with van der Waals surface area (Å²) in [4.78, 5) is 10.3. The van der Waals surface area contributed by atoms with Gasteiger partial charge in [-0.05, 0) is 30.0 Å². The first kappa shape index (κ1) is 14.2. The van der Waals surface area contributed by atoms with Crippen molar-refractivity contribution in [1.29, 1.82) is 0 Å². The number of aldehydes is 1. The number of halogens is 1. The molecule has 1 aromatic carbocycles. The van der Waals surface area contributed by atoms with E-state index < -0.39 is 0 Å². The molecule has 0 saturated carbocycles. The molecule has 0 unspecified atom stereocenters. The molecule has 0 N–H and O–H groups in total. The maximum Gasteiger partial charge on any atom is 0.126 e. The first-order valence-electron chi connectivity index (χ1n) is 5.73. The molecule has 0 bridgehead atoms. The summed E-state index contributed by atoms with van der Waals surface area (Å²) < 4.78 is 6.80. The molecule has 0 spiro atoms. The van der Waals surface area contributed by atoms with Crippen LogP contribution in [0.25, 0.3) is 0 Å². The number of carbonyl (C=O) groups is 1. The van der Waals surface area contributed by atoms with Gasteiger partial charge in [0.25, 0.3) is 0 Å². The number of rotatable bonds is 4. The van der Waals surface area contributed by atoms with Gasteiger partial charge in [0.05, 0.1) is 6.61 Å². The van der Waals surface area contributed by atoms with E-state index in [1.54, 1.807) is 0 Å². The van der Waals surface area contributed by atoms with Gasteiger partial charge >= 0.3 is 0 Å². The summed E-state index contributed by atoms with van der Waals surface area (Å²) in [5, 5.41) is 0. The molecule has 0 aliphatic carbocycles. The third-order valence-electron chi connectivity index (χ3n) is 2.53. The smallest absolute Gasteiger partial charge is 0.126 e. The molecule has 0 saturated heterocycles. The molecular formula is C14H19BrO2. The Hall–Kier alpha value is -0.830. The Kier molecular flexibility index (Phi) is 4.75. The average molecular weight is 299 g/mol.